The Morgan fingerprint density at radius 2 is 1.85 bits per heavy atom. The summed E-state index contributed by atoms with van der Waals surface area (Å²) in [7, 11) is 0. The lowest BCUT2D eigenvalue weighted by molar-refractivity contribution is -0.144. The molecule has 3 aliphatic rings. The third-order valence-electron chi connectivity index (χ3n) is 9.01. The number of anilines is 1. The summed E-state index contributed by atoms with van der Waals surface area (Å²) in [6.07, 6.45) is 3.44. The number of benzene rings is 1. The van der Waals surface area contributed by atoms with Gasteiger partial charge in [0.25, 0.3) is 5.91 Å². The van der Waals surface area contributed by atoms with Crippen LogP contribution in [-0.2, 0) is 20.9 Å². The van der Waals surface area contributed by atoms with E-state index in [2.05, 4.69) is 35.8 Å². The smallest absolute Gasteiger partial charge is 0.258 e. The summed E-state index contributed by atoms with van der Waals surface area (Å²) in [6.45, 7) is 9.20. The highest BCUT2D eigenvalue weighted by atomic mass is 32.1. The van der Waals surface area contributed by atoms with Crippen molar-refractivity contribution in [2.45, 2.75) is 77.4 Å². The zero-order chi connectivity index (χ0) is 33.3. The van der Waals surface area contributed by atoms with Gasteiger partial charge in [-0.1, -0.05) is 45.0 Å². The lowest BCUT2D eigenvalue weighted by Crippen LogP contribution is -2.58. The molecule has 3 amide bonds. The number of carbonyl (C=O) groups is 3. The minimum absolute atomic E-state index is 0.00284. The summed E-state index contributed by atoms with van der Waals surface area (Å²) in [5, 5.41) is 19.7. The number of amides is 3. The molecule has 0 saturated carbocycles. The second kappa shape index (κ2) is 13.5. The number of carbonyl (C=O) groups excluding carboxylic acids is 3. The molecule has 13 nitrogen and oxygen atoms in total. The molecule has 0 radical (unpaired) electrons. The highest BCUT2D eigenvalue weighted by molar-refractivity contribution is 7.13. The van der Waals surface area contributed by atoms with Crippen LogP contribution >= 0.6 is 11.3 Å². The van der Waals surface area contributed by atoms with Gasteiger partial charge in [-0.25, -0.2) is 15.0 Å². The van der Waals surface area contributed by atoms with Gasteiger partial charge in [0.2, 0.25) is 17.8 Å². The summed E-state index contributed by atoms with van der Waals surface area (Å²) < 4.78 is 5.65. The molecule has 47 heavy (non-hydrogen) atoms. The molecule has 5 atom stereocenters. The van der Waals surface area contributed by atoms with Gasteiger partial charge in [0.15, 0.2) is 12.4 Å². The number of ether oxygens (including phenoxy) is 1. The van der Waals surface area contributed by atoms with Crippen molar-refractivity contribution in [1.29, 1.82) is 0 Å². The van der Waals surface area contributed by atoms with E-state index in [9.17, 15) is 19.5 Å². The maximum Gasteiger partial charge on any atom is 0.258 e. The third-order valence-corrected chi connectivity index (χ3v) is 9.99. The van der Waals surface area contributed by atoms with Gasteiger partial charge in [-0.05, 0) is 29.9 Å². The quantitative estimate of drug-likeness (QED) is 0.251. The number of likely N-dealkylation sites (tertiary alicyclic amines) is 1. The number of hydrogen-bond acceptors (Lipinski definition) is 11. The summed E-state index contributed by atoms with van der Waals surface area (Å²) in [5.41, 5.74) is 4.06. The fourth-order valence-electron chi connectivity index (χ4n) is 6.47. The van der Waals surface area contributed by atoms with E-state index in [1.54, 1.807) is 23.7 Å². The molecule has 1 aromatic carbocycles. The van der Waals surface area contributed by atoms with Gasteiger partial charge in [0.1, 0.15) is 12.1 Å². The number of nitrogens with one attached hydrogen (secondary N) is 3. The molecule has 6 rings (SSSR count). The molecule has 3 saturated heterocycles. The first kappa shape index (κ1) is 32.8. The Balaban J connectivity index is 1.04. The molecule has 2 aromatic heterocycles. The number of piperazine rings is 1. The van der Waals surface area contributed by atoms with Crippen LogP contribution in [0.1, 0.15) is 44.9 Å². The van der Waals surface area contributed by atoms with E-state index in [1.165, 1.54) is 4.90 Å². The van der Waals surface area contributed by atoms with Gasteiger partial charge in [-0.2, -0.15) is 0 Å². The number of fused-ring (bicyclic) bond motifs is 2. The minimum atomic E-state index is -0.959. The average Bonchev–Trinajstić information content (AvgIpc) is 3.86. The van der Waals surface area contributed by atoms with Gasteiger partial charge >= 0.3 is 0 Å². The van der Waals surface area contributed by atoms with Crippen molar-refractivity contribution in [3.63, 3.8) is 0 Å². The summed E-state index contributed by atoms with van der Waals surface area (Å²) in [5.74, 6) is -0.309. The van der Waals surface area contributed by atoms with Crippen LogP contribution in [0, 0.1) is 12.3 Å². The van der Waals surface area contributed by atoms with Gasteiger partial charge in [-0.3, -0.25) is 14.4 Å². The van der Waals surface area contributed by atoms with Crippen LogP contribution in [0.4, 0.5) is 5.95 Å². The first-order valence-corrected chi connectivity index (χ1v) is 16.8. The van der Waals surface area contributed by atoms with Crippen molar-refractivity contribution < 1.29 is 24.2 Å². The van der Waals surface area contributed by atoms with Crippen molar-refractivity contribution in [2.24, 2.45) is 5.41 Å². The number of thiazole rings is 1. The van der Waals surface area contributed by atoms with Gasteiger partial charge in [0, 0.05) is 44.7 Å². The number of rotatable bonds is 10. The maximum atomic E-state index is 13.9. The van der Waals surface area contributed by atoms with Crippen LogP contribution in [0.2, 0.25) is 0 Å². The fourth-order valence-corrected chi connectivity index (χ4v) is 7.28. The Morgan fingerprint density at radius 3 is 2.47 bits per heavy atom. The zero-order valence-corrected chi connectivity index (χ0v) is 27.9. The first-order chi connectivity index (χ1) is 22.5. The van der Waals surface area contributed by atoms with E-state index in [-0.39, 0.29) is 32.0 Å². The molecule has 3 aliphatic heterocycles. The molecule has 14 heteroatoms. The predicted octanol–water partition coefficient (Wildman–Crippen LogP) is 1.65. The molecule has 3 aromatic rings. The number of aliphatic hydroxyl groups excluding tert-OH is 1. The molecule has 5 heterocycles. The number of hydrogen-bond donors (Lipinski definition) is 4. The van der Waals surface area contributed by atoms with Gasteiger partial charge in [0.05, 0.1) is 34.6 Å². The van der Waals surface area contributed by atoms with E-state index in [1.807, 2.05) is 57.5 Å². The first-order valence-electron chi connectivity index (χ1n) is 16.0. The molecule has 0 unspecified atom stereocenters. The highest BCUT2D eigenvalue weighted by Gasteiger charge is 2.44. The molecule has 2 bridgehead atoms. The van der Waals surface area contributed by atoms with E-state index in [4.69, 9.17) is 4.74 Å². The fraction of sp³-hybridized carbons (Fsp3) is 0.515. The Morgan fingerprint density at radius 1 is 1.11 bits per heavy atom. The lowest BCUT2D eigenvalue weighted by atomic mass is 9.85. The minimum Gasteiger partial charge on any atom is -0.481 e. The number of β-amino-alcohol motifs (C(OH)–C–C–N with tert-alkyl or cyclic N) is 1. The van der Waals surface area contributed by atoms with Crippen LogP contribution in [0.5, 0.6) is 5.75 Å². The summed E-state index contributed by atoms with van der Waals surface area (Å²) in [6, 6.07) is 6.92. The molecule has 0 aliphatic carbocycles. The van der Waals surface area contributed by atoms with Crippen LogP contribution in [0.3, 0.4) is 0 Å². The third kappa shape index (κ3) is 7.39. The predicted molar refractivity (Wildman–Crippen MR) is 177 cm³/mol. The van der Waals surface area contributed by atoms with Crippen LogP contribution in [0.15, 0.2) is 42.2 Å². The molecular weight excluding hydrogens is 620 g/mol. The Bertz CT molecular complexity index is 1590. The van der Waals surface area contributed by atoms with E-state index >= 15 is 0 Å². The van der Waals surface area contributed by atoms with Crippen LogP contribution in [0.25, 0.3) is 10.4 Å². The SMILES string of the molecule is Cc1ncsc1-c1ccc(CNC(=O)[C@@H]2C[C@@H](O)CN2C(=O)[C@@H](NC(=O)COc2cnc(N3C[C@H]4C[C@@H]3CN4)nc2)C(C)(C)C)cc1. The number of aryl methyl sites for hydroxylation is 1. The Hall–Kier alpha value is -4.14. The Kier molecular flexibility index (Phi) is 9.44. The summed E-state index contributed by atoms with van der Waals surface area (Å²) in [4.78, 5) is 58.0. The van der Waals surface area contributed by atoms with E-state index < -0.39 is 35.4 Å². The number of aromatic nitrogens is 3. The molecular formula is C33H42N8O5S. The van der Waals surface area contributed by atoms with Crippen LogP contribution < -0.4 is 25.6 Å². The summed E-state index contributed by atoms with van der Waals surface area (Å²) >= 11 is 1.58. The second-order valence-corrected chi connectivity index (χ2v) is 14.5. The largest absolute Gasteiger partial charge is 0.481 e. The van der Waals surface area contributed by atoms with E-state index in [0.29, 0.717) is 23.8 Å². The van der Waals surface area contributed by atoms with Gasteiger partial charge < -0.3 is 35.6 Å². The molecule has 0 spiro atoms. The average molecular weight is 663 g/mol. The van der Waals surface area contributed by atoms with Crippen molar-refractivity contribution in [1.82, 2.24) is 35.8 Å². The van der Waals surface area contributed by atoms with E-state index in [0.717, 1.165) is 41.2 Å². The number of nitrogens with zero attached hydrogens (tertiary/aromatic N) is 5. The Labute approximate surface area is 278 Å². The monoisotopic (exact) mass is 662 g/mol. The normalized spacial score (nSPS) is 22.7. The molecule has 4 N–H and O–H groups in total. The van der Waals surface area contributed by atoms with Crippen molar-refractivity contribution in [3.8, 4) is 16.2 Å². The van der Waals surface area contributed by atoms with Crippen molar-refractivity contribution in [3.05, 3.63) is 53.4 Å². The molecule has 3 fully saturated rings. The molecule has 250 valence electrons. The maximum absolute atomic E-state index is 13.9. The van der Waals surface area contributed by atoms with Crippen LogP contribution in [-0.4, -0.2) is 99.2 Å². The second-order valence-electron chi connectivity index (χ2n) is 13.6. The topological polar surface area (TPSA) is 162 Å². The highest BCUT2D eigenvalue weighted by Crippen LogP contribution is 2.29. The zero-order valence-electron chi connectivity index (χ0n) is 27.1. The van der Waals surface area contributed by atoms with Crippen molar-refractivity contribution in [2.75, 3.05) is 31.1 Å². The lowest BCUT2D eigenvalue weighted by Gasteiger charge is -2.35. The number of aliphatic hydroxyl groups is 1. The van der Waals surface area contributed by atoms with Gasteiger partial charge in [-0.15, -0.1) is 11.3 Å². The van der Waals surface area contributed by atoms with Crippen molar-refractivity contribution >= 4 is 35.0 Å². The standard InChI is InChI=1S/C33H42N8O5S/c1-19-28(47-18-38-19)21-7-5-20(6-8-21)11-35-30(44)26-10-24(42)16-41(26)31(45)29(33(2,3)4)39-27(43)17-46-25-13-36-32(37-14-25)40-15-22-9-23(40)12-34-22/h5-8,13-14,18,22-24,26,29,34,42H,9-12,15-17H2,1-4H3,(H,35,44)(H,39,43)/t22-,23-,24-,26+,29-/m1/s1.